The third-order valence-electron chi connectivity index (χ3n) is 5.25. The van der Waals surface area contributed by atoms with E-state index in [0.717, 1.165) is 6.07 Å². The Morgan fingerprint density at radius 3 is 2.52 bits per heavy atom. The third kappa shape index (κ3) is 4.70. The van der Waals surface area contributed by atoms with Crippen LogP contribution in [0.5, 0.6) is 0 Å². The van der Waals surface area contributed by atoms with E-state index in [-0.39, 0.29) is 29.3 Å². The van der Waals surface area contributed by atoms with Crippen LogP contribution in [0, 0.1) is 0 Å². The van der Waals surface area contributed by atoms with Crippen LogP contribution in [-0.2, 0) is 20.0 Å². The maximum absolute atomic E-state index is 13.2. The highest BCUT2D eigenvalue weighted by molar-refractivity contribution is 7.92. The lowest BCUT2D eigenvalue weighted by Crippen LogP contribution is -2.51. The summed E-state index contributed by atoms with van der Waals surface area (Å²) in [4.78, 5) is 2.76. The number of aromatic amines is 1. The fourth-order valence-electron chi connectivity index (χ4n) is 3.58. The molecule has 2 aromatic heterocycles. The summed E-state index contributed by atoms with van der Waals surface area (Å²) in [5, 5.41) is 22.0. The molecule has 3 heterocycles. The molecule has 0 amide bonds. The van der Waals surface area contributed by atoms with Crippen molar-refractivity contribution in [2.75, 3.05) is 25.4 Å². The van der Waals surface area contributed by atoms with E-state index in [1.165, 1.54) is 18.3 Å². The summed E-state index contributed by atoms with van der Waals surface area (Å²) >= 11 is 0. The number of aromatic nitrogens is 5. The zero-order valence-electron chi connectivity index (χ0n) is 17.2. The van der Waals surface area contributed by atoms with Gasteiger partial charge in [0.05, 0.1) is 5.56 Å². The molecule has 9 N–H and O–H groups in total. The monoisotopic (exact) mass is 494 g/mol. The normalized spacial score (nSPS) is 19.1. The van der Waals surface area contributed by atoms with Gasteiger partial charge in [-0.15, -0.1) is 10.2 Å². The molecule has 0 aliphatic carbocycles. The number of H-pyrrole nitrogens is 1. The van der Waals surface area contributed by atoms with Crippen molar-refractivity contribution in [3.63, 3.8) is 0 Å². The molecule has 1 aliphatic rings. The number of nitrogen functional groups attached to an aromatic ring is 1. The van der Waals surface area contributed by atoms with Gasteiger partial charge in [-0.3, -0.25) is 0 Å². The number of sulfonamides is 2. The fourth-order valence-corrected chi connectivity index (χ4v) is 6.32. The summed E-state index contributed by atoms with van der Waals surface area (Å²) < 4.78 is 54.2. The number of tetrazole rings is 1. The molecular weight excluding hydrogens is 472 g/mol. The predicted octanol–water partition coefficient (Wildman–Crippen LogP) is -1.87. The zero-order valence-corrected chi connectivity index (χ0v) is 18.8. The predicted molar refractivity (Wildman–Crippen MR) is 118 cm³/mol. The third-order valence-corrected chi connectivity index (χ3v) is 7.82. The van der Waals surface area contributed by atoms with Crippen molar-refractivity contribution in [3.05, 3.63) is 30.5 Å². The van der Waals surface area contributed by atoms with E-state index in [0.29, 0.717) is 25.1 Å². The van der Waals surface area contributed by atoms with E-state index in [4.69, 9.17) is 16.6 Å². The maximum atomic E-state index is 13.2. The number of primary sulfonamides is 1. The topological polar surface area (TPSA) is 238 Å². The molecule has 0 radical (unpaired) electrons. The van der Waals surface area contributed by atoms with Crippen molar-refractivity contribution in [1.82, 2.24) is 35.6 Å². The number of hydrogen-bond donors (Lipinski definition) is 6. The summed E-state index contributed by atoms with van der Waals surface area (Å²) in [5.74, 6) is 0.0743. The minimum atomic E-state index is -4.59. The zero-order chi connectivity index (χ0) is 23.9. The molecule has 4 rings (SSSR count). The highest BCUT2D eigenvalue weighted by atomic mass is 32.2. The molecule has 1 saturated heterocycles. The summed E-state index contributed by atoms with van der Waals surface area (Å²) in [6.07, 6.45) is 1.95. The number of rotatable bonds is 7. The van der Waals surface area contributed by atoms with Crippen molar-refractivity contribution in [1.29, 1.82) is 0 Å². The summed E-state index contributed by atoms with van der Waals surface area (Å²) in [6.45, 7) is 0.954. The van der Waals surface area contributed by atoms with Gasteiger partial charge in [-0.1, -0.05) is 6.07 Å². The van der Waals surface area contributed by atoms with Crippen LogP contribution in [0.15, 0.2) is 40.3 Å². The van der Waals surface area contributed by atoms with Gasteiger partial charge in [0.1, 0.15) is 15.6 Å². The van der Waals surface area contributed by atoms with Crippen molar-refractivity contribution in [3.8, 4) is 22.5 Å². The summed E-state index contributed by atoms with van der Waals surface area (Å²) in [6, 6.07) is 5.66. The molecule has 0 spiro atoms. The first-order valence-electron chi connectivity index (χ1n) is 9.65. The van der Waals surface area contributed by atoms with E-state index in [9.17, 15) is 16.8 Å². The van der Waals surface area contributed by atoms with Crippen LogP contribution in [0.4, 0.5) is 5.82 Å². The van der Waals surface area contributed by atoms with Gasteiger partial charge >= 0.3 is 0 Å². The van der Waals surface area contributed by atoms with Gasteiger partial charge in [-0.25, -0.2) is 31.7 Å². The molecule has 16 heteroatoms. The first-order valence-corrected chi connectivity index (χ1v) is 12.7. The Morgan fingerprint density at radius 1 is 1.15 bits per heavy atom. The van der Waals surface area contributed by atoms with E-state index < -0.39 is 35.4 Å². The SMILES string of the molecule is Nc1ccc(-c2ccc(S(=O)(=O)NC[C@]3(N)CCNC3)c(S(N)(=O)=O)c2-c2nn[nH]n2)cn1. The van der Waals surface area contributed by atoms with Gasteiger partial charge in [-0.05, 0) is 41.9 Å². The van der Waals surface area contributed by atoms with Crippen LogP contribution in [0.3, 0.4) is 0 Å². The molecule has 176 valence electrons. The van der Waals surface area contributed by atoms with Crippen LogP contribution < -0.4 is 26.6 Å². The smallest absolute Gasteiger partial charge is 0.242 e. The lowest BCUT2D eigenvalue weighted by Gasteiger charge is -2.23. The largest absolute Gasteiger partial charge is 0.384 e. The number of hydrogen-bond acceptors (Lipinski definition) is 11. The molecule has 0 saturated carbocycles. The lowest BCUT2D eigenvalue weighted by atomic mass is 10.0. The molecule has 3 aromatic rings. The quantitative estimate of drug-likeness (QED) is 0.212. The molecule has 0 unspecified atom stereocenters. The average molecular weight is 495 g/mol. The Balaban J connectivity index is 1.92. The summed E-state index contributed by atoms with van der Waals surface area (Å²) in [5.41, 5.74) is 11.6. The van der Waals surface area contributed by atoms with Crippen LogP contribution in [0.2, 0.25) is 0 Å². The van der Waals surface area contributed by atoms with E-state index in [2.05, 4.69) is 35.6 Å². The molecule has 1 aliphatic heterocycles. The molecule has 1 aromatic carbocycles. The highest BCUT2D eigenvalue weighted by Gasteiger charge is 2.35. The Hall–Kier alpha value is -3.02. The number of anilines is 1. The second-order valence-corrected chi connectivity index (χ2v) is 10.9. The van der Waals surface area contributed by atoms with Crippen molar-refractivity contribution in [2.45, 2.75) is 21.8 Å². The minimum absolute atomic E-state index is 0.104. The van der Waals surface area contributed by atoms with E-state index in [1.807, 2.05) is 0 Å². The Labute approximate surface area is 189 Å². The Bertz CT molecular complexity index is 1370. The van der Waals surface area contributed by atoms with Crippen LogP contribution in [-0.4, -0.2) is 67.6 Å². The number of nitrogens with one attached hydrogen (secondary N) is 3. The molecule has 1 fully saturated rings. The van der Waals surface area contributed by atoms with Crippen LogP contribution >= 0.6 is 0 Å². The van der Waals surface area contributed by atoms with Gasteiger partial charge < -0.3 is 16.8 Å². The van der Waals surface area contributed by atoms with Crippen LogP contribution in [0.1, 0.15) is 6.42 Å². The molecule has 14 nitrogen and oxygen atoms in total. The Morgan fingerprint density at radius 2 is 1.94 bits per heavy atom. The van der Waals surface area contributed by atoms with Gasteiger partial charge in [0.25, 0.3) is 0 Å². The van der Waals surface area contributed by atoms with Gasteiger partial charge in [0.2, 0.25) is 25.9 Å². The number of nitrogens with two attached hydrogens (primary N) is 3. The van der Waals surface area contributed by atoms with Crippen LogP contribution in [0.25, 0.3) is 22.5 Å². The molecule has 0 bridgehead atoms. The minimum Gasteiger partial charge on any atom is -0.384 e. The molecular formula is C17H22N10O4S2. The highest BCUT2D eigenvalue weighted by Crippen LogP contribution is 2.38. The van der Waals surface area contributed by atoms with E-state index in [1.54, 1.807) is 6.07 Å². The van der Waals surface area contributed by atoms with E-state index >= 15 is 0 Å². The van der Waals surface area contributed by atoms with Crippen molar-refractivity contribution in [2.24, 2.45) is 10.9 Å². The fraction of sp³-hybridized carbons (Fsp3) is 0.294. The number of pyridine rings is 1. The molecule has 1 atom stereocenters. The van der Waals surface area contributed by atoms with Gasteiger partial charge in [0, 0.05) is 30.4 Å². The lowest BCUT2D eigenvalue weighted by molar-refractivity contribution is 0.456. The first kappa shape index (κ1) is 23.1. The van der Waals surface area contributed by atoms with Gasteiger partial charge in [0.15, 0.2) is 0 Å². The first-order chi connectivity index (χ1) is 15.5. The second-order valence-electron chi connectivity index (χ2n) is 7.68. The van der Waals surface area contributed by atoms with Crippen molar-refractivity contribution >= 4 is 25.9 Å². The molecule has 33 heavy (non-hydrogen) atoms. The maximum Gasteiger partial charge on any atom is 0.242 e. The van der Waals surface area contributed by atoms with Gasteiger partial charge in [-0.2, -0.15) is 5.21 Å². The average Bonchev–Trinajstić information content (AvgIpc) is 3.44. The number of nitrogens with zero attached hydrogens (tertiary/aromatic N) is 4. The number of benzene rings is 1. The standard InChI is InChI=1S/C17H22N10O4S2/c18-13-4-1-10(7-22-13)11-2-3-12(33(30,31)23-9-17(19)5-6-21-8-17)15(32(20,28)29)14(11)16-24-26-27-25-16/h1-4,7,21,23H,5-6,8-9,19H2,(H2,18,22)(H2,20,28,29)(H,24,25,26,27)/t17-/m0/s1. The second kappa shape index (κ2) is 8.40. The summed E-state index contributed by atoms with van der Waals surface area (Å²) in [7, 11) is -8.95. The Kier molecular flexibility index (Phi) is 5.89. The van der Waals surface area contributed by atoms with Crippen molar-refractivity contribution < 1.29 is 16.8 Å².